The minimum atomic E-state index is -1.60. The summed E-state index contributed by atoms with van der Waals surface area (Å²) >= 11 is 0. The Bertz CT molecular complexity index is 1460. The van der Waals surface area contributed by atoms with Crippen molar-refractivity contribution in [3.05, 3.63) is 0 Å². The van der Waals surface area contributed by atoms with Gasteiger partial charge in [0.25, 0.3) is 0 Å². The number of fused-ring (bicyclic) bond motifs is 2. The summed E-state index contributed by atoms with van der Waals surface area (Å²) in [4.78, 5) is 0. The van der Waals surface area contributed by atoms with Gasteiger partial charge < -0.3 is 69.6 Å². The minimum Gasteiger partial charge on any atom is -0.394 e. The van der Waals surface area contributed by atoms with Gasteiger partial charge in [0.05, 0.1) is 48.8 Å². The van der Waals surface area contributed by atoms with E-state index in [-0.39, 0.29) is 52.1 Å². The van der Waals surface area contributed by atoms with Crippen LogP contribution in [0.5, 0.6) is 0 Å². The van der Waals surface area contributed by atoms with Crippen molar-refractivity contribution in [2.45, 2.75) is 197 Å². The SMILES string of the molecule is CC(C)(O)[C@@H]1CC[C@](C)([C@H]2[C@@H](O)C[C@@]3(C)[C@@H]4C[C@H](OC5OC(CO)[C@@H](O)[C@H](O)[C@H]5O)[C@H]5C(C)(C)[C@@H](OC6OC[C@@H](O)[C@H](O)[C@H]6O)CC[C@@]56CC46CC[C@]23C)O1. The van der Waals surface area contributed by atoms with Crippen molar-refractivity contribution >= 4 is 0 Å². The van der Waals surface area contributed by atoms with Gasteiger partial charge >= 0.3 is 0 Å². The predicted molar refractivity (Wildman–Crippen MR) is 194 cm³/mol. The predicted octanol–water partition coefficient (Wildman–Crippen LogP) is 0.724. The van der Waals surface area contributed by atoms with Gasteiger partial charge in [-0.15, -0.1) is 0 Å². The smallest absolute Gasteiger partial charge is 0.186 e. The van der Waals surface area contributed by atoms with Crippen molar-refractivity contribution in [3.63, 3.8) is 0 Å². The molecule has 3 heterocycles. The lowest BCUT2D eigenvalue weighted by atomic mass is 9.41. The first kappa shape index (κ1) is 41.2. The molecule has 3 saturated heterocycles. The lowest BCUT2D eigenvalue weighted by Gasteiger charge is -2.65. The summed E-state index contributed by atoms with van der Waals surface area (Å²) < 4.78 is 31.9. The maximum Gasteiger partial charge on any atom is 0.186 e. The van der Waals surface area contributed by atoms with Gasteiger partial charge in [0.15, 0.2) is 12.6 Å². The summed E-state index contributed by atoms with van der Waals surface area (Å²) in [5, 5.41) is 97.2. The number of rotatable bonds is 7. The van der Waals surface area contributed by atoms with Gasteiger partial charge in [-0.2, -0.15) is 0 Å². The van der Waals surface area contributed by atoms with Gasteiger partial charge in [0.1, 0.15) is 42.7 Å². The zero-order valence-electron chi connectivity index (χ0n) is 33.6. The third kappa shape index (κ3) is 5.70. The second-order valence-corrected chi connectivity index (χ2v) is 21.1. The van der Waals surface area contributed by atoms with E-state index in [2.05, 4.69) is 34.6 Å². The summed E-state index contributed by atoms with van der Waals surface area (Å²) in [6.45, 7) is 13.8. The van der Waals surface area contributed by atoms with Gasteiger partial charge in [0.2, 0.25) is 0 Å². The Labute approximate surface area is 324 Å². The molecule has 14 nitrogen and oxygen atoms in total. The largest absolute Gasteiger partial charge is 0.394 e. The number of hydrogen-bond donors (Lipinski definition) is 9. The molecule has 3 aliphatic heterocycles. The number of hydrogen-bond acceptors (Lipinski definition) is 14. The lowest BCUT2D eigenvalue weighted by Crippen LogP contribution is -2.65. The Morgan fingerprint density at radius 3 is 2.05 bits per heavy atom. The second-order valence-electron chi connectivity index (χ2n) is 21.1. The van der Waals surface area contributed by atoms with Crippen molar-refractivity contribution in [2.75, 3.05) is 13.2 Å². The molecule has 0 amide bonds. The Morgan fingerprint density at radius 2 is 1.40 bits per heavy atom. The molecular formula is C41H68O14. The lowest BCUT2D eigenvalue weighted by molar-refractivity contribution is -0.339. The third-order valence-corrected chi connectivity index (χ3v) is 17.6. The fraction of sp³-hybridized carbons (Fsp3) is 1.00. The van der Waals surface area contributed by atoms with Crippen molar-refractivity contribution in [1.82, 2.24) is 0 Å². The van der Waals surface area contributed by atoms with Crippen LogP contribution in [-0.2, 0) is 23.7 Å². The fourth-order valence-electron chi connectivity index (χ4n) is 14.9. The highest BCUT2D eigenvalue weighted by Crippen LogP contribution is 2.89. The summed E-state index contributed by atoms with van der Waals surface area (Å²) in [5.74, 6) is -0.215. The average Bonchev–Trinajstić information content (AvgIpc) is 3.47. The number of aliphatic hydroxyl groups excluding tert-OH is 8. The molecule has 14 heteroatoms. The third-order valence-electron chi connectivity index (χ3n) is 17.6. The van der Waals surface area contributed by atoms with Crippen LogP contribution in [0.15, 0.2) is 0 Å². The first-order valence-electron chi connectivity index (χ1n) is 20.9. The first-order valence-corrected chi connectivity index (χ1v) is 20.9. The molecule has 4 unspecified atom stereocenters. The standard InChI is InChI=1S/C41H68O14/c1-35(2)24(54-33-29(48)26(45)20(44)17-51-33)9-11-41-18-40(41)13-12-37(5)31(39(7)10-8-25(55-39)36(3,4)50)19(43)15-38(37,6)23(40)14-21(32(35)41)52-34-30(49)28(47)27(46)22(16-42)53-34/h19-34,42-50H,8-18H2,1-7H3/t19-,20+,21-,22?,23-,24-,25-,26-,27+,28-,29+,30+,31-,32-,33?,34?,37+,38-,39+,40?,41+/m0/s1. The van der Waals surface area contributed by atoms with Gasteiger partial charge in [-0.25, -0.2) is 0 Å². The van der Waals surface area contributed by atoms with E-state index in [1.807, 2.05) is 0 Å². The maximum atomic E-state index is 12.2. The van der Waals surface area contributed by atoms with Crippen molar-refractivity contribution < 1.29 is 69.6 Å². The van der Waals surface area contributed by atoms with E-state index in [1.165, 1.54) is 0 Å². The molecule has 0 radical (unpaired) electrons. The van der Waals surface area contributed by atoms with Crippen molar-refractivity contribution in [3.8, 4) is 0 Å². The zero-order chi connectivity index (χ0) is 40.1. The Kier molecular flexibility index (Phi) is 9.90. The van der Waals surface area contributed by atoms with E-state index in [9.17, 15) is 46.0 Å². The molecule has 8 fully saturated rings. The molecule has 55 heavy (non-hydrogen) atoms. The van der Waals surface area contributed by atoms with Gasteiger partial charge in [-0.3, -0.25) is 0 Å². The Morgan fingerprint density at radius 1 is 0.709 bits per heavy atom. The van der Waals surface area contributed by atoms with E-state index in [0.717, 1.165) is 32.1 Å². The van der Waals surface area contributed by atoms with Crippen LogP contribution in [-0.4, -0.2) is 150 Å². The van der Waals surface area contributed by atoms with Crippen LogP contribution in [0.25, 0.3) is 0 Å². The van der Waals surface area contributed by atoms with E-state index in [1.54, 1.807) is 13.8 Å². The minimum absolute atomic E-state index is 0.0633. The molecular weight excluding hydrogens is 716 g/mol. The molecule has 5 aliphatic carbocycles. The molecule has 0 aromatic carbocycles. The molecule has 21 atom stereocenters. The molecule has 2 spiro atoms. The molecule has 5 saturated carbocycles. The van der Waals surface area contributed by atoms with Crippen LogP contribution in [0.1, 0.15) is 106 Å². The van der Waals surface area contributed by atoms with E-state index in [0.29, 0.717) is 25.7 Å². The van der Waals surface area contributed by atoms with Crippen LogP contribution in [0, 0.1) is 44.8 Å². The van der Waals surface area contributed by atoms with E-state index < -0.39 is 96.8 Å². The molecule has 9 N–H and O–H groups in total. The van der Waals surface area contributed by atoms with Crippen molar-refractivity contribution in [1.29, 1.82) is 0 Å². The maximum absolute atomic E-state index is 12.2. The zero-order valence-corrected chi connectivity index (χ0v) is 33.6. The molecule has 0 bridgehead atoms. The molecule has 0 aromatic rings. The van der Waals surface area contributed by atoms with Crippen LogP contribution < -0.4 is 0 Å². The number of ether oxygens (including phenoxy) is 5. The van der Waals surface area contributed by atoms with Crippen LogP contribution in [0.3, 0.4) is 0 Å². The Hall–Kier alpha value is -0.560. The van der Waals surface area contributed by atoms with Crippen LogP contribution in [0.4, 0.5) is 0 Å². The molecule has 316 valence electrons. The van der Waals surface area contributed by atoms with Crippen LogP contribution >= 0.6 is 0 Å². The van der Waals surface area contributed by atoms with E-state index in [4.69, 9.17) is 23.7 Å². The highest BCUT2D eigenvalue weighted by atomic mass is 16.7. The van der Waals surface area contributed by atoms with Gasteiger partial charge in [0, 0.05) is 5.92 Å². The van der Waals surface area contributed by atoms with Crippen LogP contribution in [0.2, 0.25) is 0 Å². The quantitative estimate of drug-likeness (QED) is 0.162. The average molecular weight is 785 g/mol. The van der Waals surface area contributed by atoms with Gasteiger partial charge in [-0.1, -0.05) is 27.7 Å². The summed E-state index contributed by atoms with van der Waals surface area (Å²) in [5.41, 5.74) is -3.16. The fourth-order valence-corrected chi connectivity index (χ4v) is 14.9. The monoisotopic (exact) mass is 784 g/mol. The van der Waals surface area contributed by atoms with Crippen molar-refractivity contribution in [2.24, 2.45) is 44.8 Å². The van der Waals surface area contributed by atoms with E-state index >= 15 is 0 Å². The van der Waals surface area contributed by atoms with Gasteiger partial charge in [-0.05, 0) is 117 Å². The summed E-state index contributed by atoms with van der Waals surface area (Å²) in [6, 6.07) is 0. The topological polar surface area (TPSA) is 228 Å². The highest BCUT2D eigenvalue weighted by Gasteiger charge is 2.85. The normalized spacial score (nSPS) is 58.7. The molecule has 8 rings (SSSR count). The Balaban J connectivity index is 1.15. The number of aliphatic hydroxyl groups is 9. The highest BCUT2D eigenvalue weighted by molar-refractivity contribution is 5.33. The summed E-state index contributed by atoms with van der Waals surface area (Å²) in [7, 11) is 0. The molecule has 0 aromatic heterocycles. The first-order chi connectivity index (χ1) is 25.5. The summed E-state index contributed by atoms with van der Waals surface area (Å²) in [6.07, 6.45) is -7.48. The second kappa shape index (κ2) is 13.2. The molecule has 8 aliphatic rings.